The molecule has 0 saturated heterocycles. The van der Waals surface area contributed by atoms with Crippen LogP contribution < -0.4 is 5.43 Å². The molecule has 29 heavy (non-hydrogen) atoms. The van der Waals surface area contributed by atoms with Gasteiger partial charge in [-0.05, 0) is 17.7 Å². The SMILES string of the molecule is O=C(C/C(=N\NC(=O)c1ccc([N+](=O)[O-])cc1)c1ccccc1)c1ccccc1. The van der Waals surface area contributed by atoms with E-state index in [0.717, 1.165) is 0 Å². The van der Waals surface area contributed by atoms with Gasteiger partial charge in [-0.3, -0.25) is 19.7 Å². The third-order valence-electron chi connectivity index (χ3n) is 4.16. The predicted molar refractivity (Wildman–Crippen MR) is 109 cm³/mol. The van der Waals surface area contributed by atoms with E-state index in [1.54, 1.807) is 36.4 Å². The van der Waals surface area contributed by atoms with E-state index in [-0.39, 0.29) is 23.5 Å². The van der Waals surface area contributed by atoms with E-state index in [1.807, 2.05) is 24.3 Å². The summed E-state index contributed by atoms with van der Waals surface area (Å²) in [6.45, 7) is 0. The molecule has 0 radical (unpaired) electrons. The Hall–Kier alpha value is -4.13. The minimum Gasteiger partial charge on any atom is -0.294 e. The highest BCUT2D eigenvalue weighted by molar-refractivity contribution is 6.16. The molecule has 0 saturated carbocycles. The van der Waals surface area contributed by atoms with Crippen LogP contribution in [0.5, 0.6) is 0 Å². The van der Waals surface area contributed by atoms with E-state index < -0.39 is 10.8 Å². The average Bonchev–Trinajstić information content (AvgIpc) is 2.77. The van der Waals surface area contributed by atoms with Gasteiger partial charge in [-0.15, -0.1) is 0 Å². The Bertz CT molecular complexity index is 1050. The number of nitrogens with zero attached hydrogens (tertiary/aromatic N) is 2. The monoisotopic (exact) mass is 387 g/mol. The second-order valence-electron chi connectivity index (χ2n) is 6.14. The van der Waals surface area contributed by atoms with E-state index in [2.05, 4.69) is 10.5 Å². The fraction of sp³-hybridized carbons (Fsp3) is 0.0455. The van der Waals surface area contributed by atoms with Crippen LogP contribution in [0, 0.1) is 10.1 Å². The van der Waals surface area contributed by atoms with Crippen molar-refractivity contribution in [1.82, 2.24) is 5.43 Å². The molecule has 144 valence electrons. The van der Waals surface area contributed by atoms with Crippen molar-refractivity contribution >= 4 is 23.1 Å². The number of rotatable bonds is 7. The third kappa shape index (κ3) is 5.20. The van der Waals surface area contributed by atoms with Crippen LogP contribution in [0.2, 0.25) is 0 Å². The van der Waals surface area contributed by atoms with Crippen molar-refractivity contribution in [2.45, 2.75) is 6.42 Å². The molecular formula is C22H17N3O4. The molecule has 0 aliphatic rings. The van der Waals surface area contributed by atoms with Crippen molar-refractivity contribution in [1.29, 1.82) is 0 Å². The molecule has 0 spiro atoms. The van der Waals surface area contributed by atoms with Gasteiger partial charge in [0.25, 0.3) is 11.6 Å². The van der Waals surface area contributed by atoms with Crippen LogP contribution in [0.1, 0.15) is 32.7 Å². The molecule has 7 heteroatoms. The number of nitro benzene ring substituents is 1. The maximum atomic E-state index is 12.6. The Balaban J connectivity index is 1.80. The van der Waals surface area contributed by atoms with Gasteiger partial charge in [-0.2, -0.15) is 5.10 Å². The fourth-order valence-electron chi connectivity index (χ4n) is 2.63. The number of Topliss-reactive ketones (excluding diaryl/α,β-unsaturated/α-hetero) is 1. The number of amides is 1. The van der Waals surface area contributed by atoms with Gasteiger partial charge in [0.2, 0.25) is 0 Å². The van der Waals surface area contributed by atoms with Crippen molar-refractivity contribution in [2.75, 3.05) is 0 Å². The molecule has 0 fully saturated rings. The van der Waals surface area contributed by atoms with Gasteiger partial charge < -0.3 is 0 Å². The molecule has 0 aliphatic heterocycles. The number of nitro groups is 1. The minimum atomic E-state index is -0.539. The molecule has 0 aliphatic carbocycles. The zero-order chi connectivity index (χ0) is 20.6. The van der Waals surface area contributed by atoms with Crippen LogP contribution in [0.4, 0.5) is 5.69 Å². The first-order valence-corrected chi connectivity index (χ1v) is 8.79. The van der Waals surface area contributed by atoms with Gasteiger partial charge in [-0.25, -0.2) is 5.43 Å². The van der Waals surface area contributed by atoms with Gasteiger partial charge in [0.05, 0.1) is 17.1 Å². The minimum absolute atomic E-state index is 0.00850. The van der Waals surface area contributed by atoms with Crippen molar-refractivity contribution in [3.63, 3.8) is 0 Å². The van der Waals surface area contributed by atoms with Crippen LogP contribution in [0.25, 0.3) is 0 Å². The number of ketones is 1. The lowest BCUT2D eigenvalue weighted by Crippen LogP contribution is -2.21. The summed E-state index contributed by atoms with van der Waals surface area (Å²) in [5.74, 6) is -0.654. The lowest BCUT2D eigenvalue weighted by Gasteiger charge is -2.08. The highest BCUT2D eigenvalue weighted by Crippen LogP contribution is 2.13. The zero-order valence-corrected chi connectivity index (χ0v) is 15.3. The second-order valence-corrected chi connectivity index (χ2v) is 6.14. The van der Waals surface area contributed by atoms with Crippen molar-refractivity contribution in [3.05, 3.63) is 112 Å². The van der Waals surface area contributed by atoms with E-state index in [9.17, 15) is 19.7 Å². The Morgan fingerprint density at radius 2 is 1.34 bits per heavy atom. The number of benzene rings is 3. The number of nitrogens with one attached hydrogen (secondary N) is 1. The summed E-state index contributed by atoms with van der Waals surface area (Å²) in [5.41, 5.74) is 4.22. The predicted octanol–water partition coefficient (Wildman–Crippen LogP) is 4.00. The summed E-state index contributed by atoms with van der Waals surface area (Å²) >= 11 is 0. The van der Waals surface area contributed by atoms with Gasteiger partial charge in [0.1, 0.15) is 0 Å². The Kier molecular flexibility index (Phi) is 6.22. The number of hydrogen-bond donors (Lipinski definition) is 1. The summed E-state index contributed by atoms with van der Waals surface area (Å²) < 4.78 is 0. The first-order chi connectivity index (χ1) is 14.0. The van der Waals surface area contributed by atoms with Gasteiger partial charge in [0.15, 0.2) is 5.78 Å². The van der Waals surface area contributed by atoms with E-state index in [0.29, 0.717) is 16.8 Å². The second kappa shape index (κ2) is 9.18. The average molecular weight is 387 g/mol. The number of carbonyl (C=O) groups is 2. The molecule has 0 atom stereocenters. The Labute approximate surface area is 166 Å². The molecule has 0 unspecified atom stereocenters. The highest BCUT2D eigenvalue weighted by atomic mass is 16.6. The van der Waals surface area contributed by atoms with Crippen molar-refractivity contribution in [3.8, 4) is 0 Å². The molecule has 1 amide bonds. The molecule has 0 aromatic heterocycles. The zero-order valence-electron chi connectivity index (χ0n) is 15.3. The van der Waals surface area contributed by atoms with Crippen molar-refractivity contribution in [2.24, 2.45) is 5.10 Å². The Morgan fingerprint density at radius 3 is 1.90 bits per heavy atom. The normalized spacial score (nSPS) is 11.0. The van der Waals surface area contributed by atoms with Crippen LogP contribution in [0.3, 0.4) is 0 Å². The highest BCUT2D eigenvalue weighted by Gasteiger charge is 2.14. The summed E-state index contributed by atoms with van der Waals surface area (Å²) in [5, 5.41) is 14.9. The number of carbonyl (C=O) groups excluding carboxylic acids is 2. The Morgan fingerprint density at radius 1 is 0.793 bits per heavy atom. The summed E-state index contributed by atoms with van der Waals surface area (Å²) in [7, 11) is 0. The smallest absolute Gasteiger partial charge is 0.271 e. The van der Waals surface area contributed by atoms with Gasteiger partial charge in [0, 0.05) is 23.3 Å². The topological polar surface area (TPSA) is 102 Å². The molecule has 3 aromatic rings. The van der Waals surface area contributed by atoms with Crippen LogP contribution in [-0.4, -0.2) is 22.3 Å². The lowest BCUT2D eigenvalue weighted by atomic mass is 10.0. The quantitative estimate of drug-likeness (QED) is 0.286. The summed E-state index contributed by atoms with van der Waals surface area (Å²) in [4.78, 5) is 35.1. The molecule has 0 heterocycles. The van der Waals surface area contributed by atoms with Crippen LogP contribution in [-0.2, 0) is 0 Å². The van der Waals surface area contributed by atoms with Gasteiger partial charge in [-0.1, -0.05) is 60.7 Å². The largest absolute Gasteiger partial charge is 0.294 e. The molecule has 7 nitrogen and oxygen atoms in total. The number of hydrogen-bond acceptors (Lipinski definition) is 5. The maximum Gasteiger partial charge on any atom is 0.271 e. The number of non-ortho nitro benzene ring substituents is 1. The molecule has 3 rings (SSSR count). The van der Waals surface area contributed by atoms with E-state index >= 15 is 0 Å². The van der Waals surface area contributed by atoms with E-state index in [1.165, 1.54) is 24.3 Å². The number of hydrazone groups is 1. The van der Waals surface area contributed by atoms with Crippen LogP contribution in [0.15, 0.2) is 90.0 Å². The van der Waals surface area contributed by atoms with Crippen LogP contribution >= 0.6 is 0 Å². The van der Waals surface area contributed by atoms with Crippen molar-refractivity contribution < 1.29 is 14.5 Å². The van der Waals surface area contributed by atoms with E-state index in [4.69, 9.17) is 0 Å². The lowest BCUT2D eigenvalue weighted by molar-refractivity contribution is -0.384. The third-order valence-corrected chi connectivity index (χ3v) is 4.16. The molecule has 0 bridgehead atoms. The summed E-state index contributed by atoms with van der Waals surface area (Å²) in [6.07, 6.45) is 0.00850. The molecule has 1 N–H and O–H groups in total. The molecule has 3 aromatic carbocycles. The first kappa shape index (κ1) is 19.6. The van der Waals surface area contributed by atoms with Gasteiger partial charge >= 0.3 is 0 Å². The maximum absolute atomic E-state index is 12.6. The first-order valence-electron chi connectivity index (χ1n) is 8.79. The standard InChI is InChI=1S/C22H17N3O4/c26-21(17-9-5-2-6-10-17)15-20(16-7-3-1-4-8-16)23-24-22(27)18-11-13-19(14-12-18)25(28)29/h1-14H,15H2,(H,24,27)/b23-20+. The summed E-state index contributed by atoms with van der Waals surface area (Å²) in [6, 6.07) is 23.1. The molecular weight excluding hydrogens is 370 g/mol. The fourth-order valence-corrected chi connectivity index (χ4v) is 2.63.